The molecule has 2 atom stereocenters. The summed E-state index contributed by atoms with van der Waals surface area (Å²) < 4.78 is 5.10. The molecule has 0 spiro atoms. The van der Waals surface area contributed by atoms with Gasteiger partial charge >= 0.3 is 5.97 Å². The predicted octanol–water partition coefficient (Wildman–Crippen LogP) is 3.40. The molecule has 0 aliphatic carbocycles. The van der Waals surface area contributed by atoms with Gasteiger partial charge < -0.3 is 4.74 Å². The fourth-order valence-corrected chi connectivity index (χ4v) is 2.03. The van der Waals surface area contributed by atoms with Crippen LogP contribution in [-0.2, 0) is 9.53 Å². The summed E-state index contributed by atoms with van der Waals surface area (Å²) in [5.74, 6) is 0.421. The minimum atomic E-state index is -0.180. The second kappa shape index (κ2) is 5.38. The summed E-state index contributed by atoms with van der Waals surface area (Å²) in [5, 5.41) is 0. The number of rotatable bonds is 4. The van der Waals surface area contributed by atoms with Gasteiger partial charge in [0.2, 0.25) is 0 Å². The van der Waals surface area contributed by atoms with Crippen molar-refractivity contribution in [3.8, 4) is 0 Å². The molecule has 2 nitrogen and oxygen atoms in total. The Morgan fingerprint density at radius 3 is 2.14 bits per heavy atom. The van der Waals surface area contributed by atoms with Crippen LogP contribution in [0, 0.1) is 11.3 Å². The van der Waals surface area contributed by atoms with Crippen LogP contribution in [0.3, 0.4) is 0 Å². The van der Waals surface area contributed by atoms with Crippen LogP contribution in [0.5, 0.6) is 0 Å². The highest BCUT2D eigenvalue weighted by atomic mass is 16.5. The monoisotopic (exact) mass is 200 g/mol. The first-order chi connectivity index (χ1) is 6.20. The van der Waals surface area contributed by atoms with Crippen molar-refractivity contribution in [2.24, 2.45) is 11.3 Å². The van der Waals surface area contributed by atoms with Gasteiger partial charge in [-0.3, -0.25) is 4.79 Å². The Bertz CT molecular complexity index is 179. The molecule has 0 radical (unpaired) electrons. The van der Waals surface area contributed by atoms with Crippen LogP contribution in [0.4, 0.5) is 0 Å². The first-order valence-corrected chi connectivity index (χ1v) is 5.38. The quantitative estimate of drug-likeness (QED) is 0.650. The maximum absolute atomic E-state index is 10.7. The second-order valence-corrected chi connectivity index (χ2v) is 5.53. The summed E-state index contributed by atoms with van der Waals surface area (Å²) in [6.07, 6.45) is 2.17. The molecule has 0 saturated heterocycles. The average molecular weight is 200 g/mol. The molecule has 0 saturated carbocycles. The van der Waals surface area contributed by atoms with E-state index in [0.29, 0.717) is 11.3 Å². The van der Waals surface area contributed by atoms with E-state index in [9.17, 15) is 4.79 Å². The molecular weight excluding hydrogens is 176 g/mol. The van der Waals surface area contributed by atoms with E-state index in [1.54, 1.807) is 0 Å². The Hall–Kier alpha value is -0.530. The fraction of sp³-hybridized carbons (Fsp3) is 0.917. The number of hydrogen-bond donors (Lipinski definition) is 0. The van der Waals surface area contributed by atoms with Gasteiger partial charge in [0.05, 0.1) is 6.10 Å². The Kier molecular flexibility index (Phi) is 5.17. The van der Waals surface area contributed by atoms with E-state index in [4.69, 9.17) is 4.74 Å². The van der Waals surface area contributed by atoms with Crippen molar-refractivity contribution in [2.45, 2.75) is 60.5 Å². The van der Waals surface area contributed by atoms with E-state index in [-0.39, 0.29) is 12.1 Å². The van der Waals surface area contributed by atoms with Gasteiger partial charge in [-0.05, 0) is 31.1 Å². The van der Waals surface area contributed by atoms with Gasteiger partial charge in [-0.2, -0.15) is 0 Å². The minimum absolute atomic E-state index is 0.0462. The van der Waals surface area contributed by atoms with E-state index in [1.165, 1.54) is 13.3 Å². The molecule has 0 rings (SSSR count). The number of ether oxygens (including phenoxy) is 1. The van der Waals surface area contributed by atoms with Crippen molar-refractivity contribution in [1.29, 1.82) is 0 Å². The third kappa shape index (κ3) is 8.09. The van der Waals surface area contributed by atoms with Gasteiger partial charge in [-0.15, -0.1) is 0 Å². The first-order valence-electron chi connectivity index (χ1n) is 5.38. The number of carbonyl (C=O) groups is 1. The maximum atomic E-state index is 10.7. The van der Waals surface area contributed by atoms with Crippen LogP contribution < -0.4 is 0 Å². The predicted molar refractivity (Wildman–Crippen MR) is 59.1 cm³/mol. The van der Waals surface area contributed by atoms with Crippen LogP contribution in [0.2, 0.25) is 0 Å². The minimum Gasteiger partial charge on any atom is -0.463 e. The lowest BCUT2D eigenvalue weighted by Crippen LogP contribution is -2.19. The molecule has 0 bridgehead atoms. The molecule has 0 amide bonds. The van der Waals surface area contributed by atoms with E-state index < -0.39 is 0 Å². The molecule has 0 aromatic carbocycles. The molecule has 0 heterocycles. The highest BCUT2D eigenvalue weighted by molar-refractivity contribution is 5.66. The summed E-state index contributed by atoms with van der Waals surface area (Å²) in [6, 6.07) is 0. The molecule has 0 unspecified atom stereocenters. The van der Waals surface area contributed by atoms with Gasteiger partial charge in [0.25, 0.3) is 0 Å². The summed E-state index contributed by atoms with van der Waals surface area (Å²) >= 11 is 0. The second-order valence-electron chi connectivity index (χ2n) is 5.53. The topological polar surface area (TPSA) is 26.3 Å². The normalized spacial score (nSPS) is 16.1. The molecule has 0 aliphatic rings. The lowest BCUT2D eigenvalue weighted by atomic mass is 9.83. The molecule has 0 N–H and O–H groups in total. The Morgan fingerprint density at radius 1 is 1.29 bits per heavy atom. The van der Waals surface area contributed by atoms with E-state index in [0.717, 1.165) is 6.42 Å². The van der Waals surface area contributed by atoms with Crippen LogP contribution in [0.25, 0.3) is 0 Å². The lowest BCUT2D eigenvalue weighted by Gasteiger charge is -2.25. The Labute approximate surface area is 88.0 Å². The highest BCUT2D eigenvalue weighted by Gasteiger charge is 2.18. The first kappa shape index (κ1) is 13.5. The third-order valence-electron chi connectivity index (χ3n) is 2.06. The van der Waals surface area contributed by atoms with Gasteiger partial charge in [0.1, 0.15) is 0 Å². The summed E-state index contributed by atoms with van der Waals surface area (Å²) in [4.78, 5) is 10.7. The number of esters is 1. The van der Waals surface area contributed by atoms with Gasteiger partial charge in [-0.1, -0.05) is 27.7 Å². The summed E-state index contributed by atoms with van der Waals surface area (Å²) in [6.45, 7) is 12.3. The zero-order valence-corrected chi connectivity index (χ0v) is 10.4. The molecule has 14 heavy (non-hydrogen) atoms. The molecule has 0 aliphatic heterocycles. The van der Waals surface area contributed by atoms with Gasteiger partial charge in [-0.25, -0.2) is 0 Å². The van der Waals surface area contributed by atoms with E-state index in [1.807, 2.05) is 6.92 Å². The average Bonchev–Trinajstić information content (AvgIpc) is 1.77. The smallest absolute Gasteiger partial charge is 0.302 e. The maximum Gasteiger partial charge on any atom is 0.302 e. The highest BCUT2D eigenvalue weighted by Crippen LogP contribution is 2.27. The Balaban J connectivity index is 3.82. The molecule has 0 fully saturated rings. The summed E-state index contributed by atoms with van der Waals surface area (Å²) in [7, 11) is 0. The van der Waals surface area contributed by atoms with Crippen LogP contribution in [0.15, 0.2) is 0 Å². The molecule has 84 valence electrons. The van der Waals surface area contributed by atoms with Crippen LogP contribution in [-0.4, -0.2) is 12.1 Å². The molecule has 2 heteroatoms. The molecule has 0 aromatic rings. The fourth-order valence-electron chi connectivity index (χ4n) is 2.03. The zero-order chi connectivity index (χ0) is 11.4. The van der Waals surface area contributed by atoms with E-state index in [2.05, 4.69) is 27.7 Å². The SMILES string of the molecule is CC(=O)O[C@@H](C)C[C@@H](C)CC(C)(C)C. The van der Waals surface area contributed by atoms with Crippen molar-refractivity contribution in [1.82, 2.24) is 0 Å². The number of hydrogen-bond acceptors (Lipinski definition) is 2. The molecular formula is C12H24O2. The van der Waals surface area contributed by atoms with Crippen molar-refractivity contribution in [2.75, 3.05) is 0 Å². The van der Waals surface area contributed by atoms with Crippen LogP contribution >= 0.6 is 0 Å². The van der Waals surface area contributed by atoms with Crippen molar-refractivity contribution >= 4 is 5.97 Å². The van der Waals surface area contributed by atoms with E-state index >= 15 is 0 Å². The largest absolute Gasteiger partial charge is 0.463 e. The third-order valence-corrected chi connectivity index (χ3v) is 2.06. The standard InChI is InChI=1S/C12H24O2/c1-9(8-12(4,5)6)7-10(2)14-11(3)13/h9-10H,7-8H2,1-6H3/t9-,10+/m1/s1. The van der Waals surface area contributed by atoms with Crippen molar-refractivity contribution in [3.63, 3.8) is 0 Å². The Morgan fingerprint density at radius 2 is 1.79 bits per heavy atom. The zero-order valence-electron chi connectivity index (χ0n) is 10.4. The van der Waals surface area contributed by atoms with Gasteiger partial charge in [0, 0.05) is 6.92 Å². The van der Waals surface area contributed by atoms with Gasteiger partial charge in [0.15, 0.2) is 0 Å². The molecule has 0 aromatic heterocycles. The number of carbonyl (C=O) groups excluding carboxylic acids is 1. The lowest BCUT2D eigenvalue weighted by molar-refractivity contribution is -0.146. The summed E-state index contributed by atoms with van der Waals surface area (Å²) in [5.41, 5.74) is 0.357. The van der Waals surface area contributed by atoms with Crippen LogP contribution in [0.1, 0.15) is 54.4 Å². The van der Waals surface area contributed by atoms with Crippen molar-refractivity contribution < 1.29 is 9.53 Å². The van der Waals surface area contributed by atoms with Crippen molar-refractivity contribution in [3.05, 3.63) is 0 Å².